The molecule has 0 fully saturated rings. The molecule has 136 valence electrons. The first-order valence-electron chi connectivity index (χ1n) is 8.51. The van der Waals surface area contributed by atoms with Gasteiger partial charge in [-0.15, -0.1) is 11.3 Å². The molecule has 1 amide bonds. The minimum absolute atomic E-state index is 0.0258. The van der Waals surface area contributed by atoms with Crippen LogP contribution in [-0.2, 0) is 17.6 Å². The summed E-state index contributed by atoms with van der Waals surface area (Å²) >= 11 is 1.57. The molecule has 0 atom stereocenters. The molecule has 7 heteroatoms. The quantitative estimate of drug-likeness (QED) is 0.623. The molecule has 0 saturated carbocycles. The van der Waals surface area contributed by atoms with Gasteiger partial charge in [-0.1, -0.05) is 29.4 Å². The van der Waals surface area contributed by atoms with Crippen LogP contribution in [0.3, 0.4) is 0 Å². The summed E-state index contributed by atoms with van der Waals surface area (Å²) in [5.41, 5.74) is 1.09. The number of aryl methyl sites for hydroxylation is 1. The van der Waals surface area contributed by atoms with Crippen LogP contribution in [0.5, 0.6) is 5.75 Å². The van der Waals surface area contributed by atoms with Gasteiger partial charge in [-0.05, 0) is 35.9 Å². The summed E-state index contributed by atoms with van der Waals surface area (Å²) in [7, 11) is 1.65. The average Bonchev–Trinajstić information content (AvgIpc) is 3.34. The van der Waals surface area contributed by atoms with Gasteiger partial charge >= 0.3 is 0 Å². The van der Waals surface area contributed by atoms with Gasteiger partial charge in [0.25, 0.3) is 0 Å². The minimum atomic E-state index is 0.0258. The van der Waals surface area contributed by atoms with Gasteiger partial charge < -0.3 is 14.6 Å². The van der Waals surface area contributed by atoms with Crippen molar-refractivity contribution in [2.24, 2.45) is 0 Å². The van der Waals surface area contributed by atoms with Crippen LogP contribution in [0.15, 0.2) is 46.3 Å². The van der Waals surface area contributed by atoms with Crippen molar-refractivity contribution in [2.45, 2.75) is 25.7 Å². The van der Waals surface area contributed by atoms with E-state index < -0.39 is 0 Å². The highest BCUT2D eigenvalue weighted by molar-refractivity contribution is 7.13. The molecular weight excluding hydrogens is 350 g/mol. The number of benzene rings is 1. The van der Waals surface area contributed by atoms with Crippen LogP contribution < -0.4 is 10.1 Å². The van der Waals surface area contributed by atoms with Crippen molar-refractivity contribution in [2.75, 3.05) is 13.7 Å². The first kappa shape index (κ1) is 18.1. The number of carbonyl (C=O) groups excluding carboxylic acids is 1. The fourth-order valence-electron chi connectivity index (χ4n) is 2.60. The Morgan fingerprint density at radius 2 is 2.12 bits per heavy atom. The molecule has 6 nitrogen and oxygen atoms in total. The van der Waals surface area contributed by atoms with E-state index in [1.807, 2.05) is 41.8 Å². The lowest BCUT2D eigenvalue weighted by Gasteiger charge is -2.08. The second-order valence-electron chi connectivity index (χ2n) is 5.75. The van der Waals surface area contributed by atoms with E-state index in [0.717, 1.165) is 22.6 Å². The number of rotatable bonds is 9. The van der Waals surface area contributed by atoms with Crippen molar-refractivity contribution >= 4 is 17.2 Å². The average molecular weight is 371 g/mol. The fraction of sp³-hybridized carbons (Fsp3) is 0.316. The summed E-state index contributed by atoms with van der Waals surface area (Å²) in [5.74, 6) is 2.05. The molecule has 0 spiro atoms. The Kier molecular flexibility index (Phi) is 6.38. The number of aromatic nitrogens is 2. The third kappa shape index (κ3) is 4.92. The van der Waals surface area contributed by atoms with Crippen LogP contribution in [0, 0.1) is 0 Å². The van der Waals surface area contributed by atoms with Crippen molar-refractivity contribution in [3.8, 4) is 16.5 Å². The van der Waals surface area contributed by atoms with E-state index in [4.69, 9.17) is 9.26 Å². The molecule has 26 heavy (non-hydrogen) atoms. The summed E-state index contributed by atoms with van der Waals surface area (Å²) in [5, 5.41) is 8.88. The molecule has 0 bridgehead atoms. The van der Waals surface area contributed by atoms with E-state index in [1.54, 1.807) is 18.4 Å². The Bertz CT molecular complexity index is 830. The maximum atomic E-state index is 12.0. The third-order valence-electron chi connectivity index (χ3n) is 3.91. The van der Waals surface area contributed by atoms with E-state index >= 15 is 0 Å². The van der Waals surface area contributed by atoms with Crippen molar-refractivity contribution in [1.29, 1.82) is 0 Å². The molecule has 0 aliphatic rings. The van der Waals surface area contributed by atoms with E-state index in [0.29, 0.717) is 37.5 Å². The minimum Gasteiger partial charge on any atom is -0.496 e. The van der Waals surface area contributed by atoms with E-state index in [9.17, 15) is 4.79 Å². The van der Waals surface area contributed by atoms with Gasteiger partial charge in [0, 0.05) is 19.4 Å². The third-order valence-corrected chi connectivity index (χ3v) is 4.78. The summed E-state index contributed by atoms with van der Waals surface area (Å²) in [6, 6.07) is 11.7. The number of nitrogens with one attached hydrogen (secondary N) is 1. The predicted octanol–water partition coefficient (Wildman–Crippen LogP) is 3.49. The van der Waals surface area contributed by atoms with Gasteiger partial charge in [0.05, 0.1) is 12.0 Å². The number of para-hydroxylation sites is 1. The molecule has 3 aromatic rings. The number of methoxy groups -OCH3 is 1. The van der Waals surface area contributed by atoms with Crippen LogP contribution in [0.1, 0.15) is 24.3 Å². The molecule has 0 aliphatic carbocycles. The lowest BCUT2D eigenvalue weighted by Crippen LogP contribution is -2.25. The Labute approximate surface area is 156 Å². The van der Waals surface area contributed by atoms with Gasteiger partial charge in [-0.3, -0.25) is 4.79 Å². The number of hydrogen-bond donors (Lipinski definition) is 1. The van der Waals surface area contributed by atoms with Crippen molar-refractivity contribution in [3.05, 3.63) is 53.2 Å². The fourth-order valence-corrected chi connectivity index (χ4v) is 3.25. The normalized spacial score (nSPS) is 10.7. The number of amides is 1. The Balaban J connectivity index is 1.37. The highest BCUT2D eigenvalue weighted by Crippen LogP contribution is 2.21. The molecule has 1 aromatic carbocycles. The largest absolute Gasteiger partial charge is 0.496 e. The van der Waals surface area contributed by atoms with Crippen LogP contribution in [0.25, 0.3) is 10.7 Å². The molecule has 1 N–H and O–H groups in total. The van der Waals surface area contributed by atoms with Crippen molar-refractivity contribution in [3.63, 3.8) is 0 Å². The smallest absolute Gasteiger partial charge is 0.226 e. The zero-order chi connectivity index (χ0) is 18.2. The number of carbonyl (C=O) groups is 1. The summed E-state index contributed by atoms with van der Waals surface area (Å²) < 4.78 is 10.5. The highest BCUT2D eigenvalue weighted by Gasteiger charge is 2.10. The van der Waals surface area contributed by atoms with Gasteiger partial charge in [0.1, 0.15) is 5.75 Å². The lowest BCUT2D eigenvalue weighted by molar-refractivity contribution is -0.121. The van der Waals surface area contributed by atoms with E-state index in [2.05, 4.69) is 15.5 Å². The highest BCUT2D eigenvalue weighted by atomic mass is 32.1. The van der Waals surface area contributed by atoms with Crippen LogP contribution in [0.4, 0.5) is 0 Å². The molecule has 3 rings (SSSR count). The molecule has 2 aromatic heterocycles. The summed E-state index contributed by atoms with van der Waals surface area (Å²) in [6.45, 7) is 0.586. The summed E-state index contributed by atoms with van der Waals surface area (Å²) in [6.07, 6.45) is 2.44. The number of hydrogen-bond acceptors (Lipinski definition) is 6. The zero-order valence-corrected chi connectivity index (χ0v) is 15.4. The molecule has 0 aliphatic heterocycles. The molecule has 2 heterocycles. The van der Waals surface area contributed by atoms with Crippen LogP contribution in [-0.4, -0.2) is 29.7 Å². The zero-order valence-electron chi connectivity index (χ0n) is 14.6. The van der Waals surface area contributed by atoms with Gasteiger partial charge in [0.2, 0.25) is 17.6 Å². The monoisotopic (exact) mass is 371 g/mol. The molecule has 0 radical (unpaired) electrons. The van der Waals surface area contributed by atoms with E-state index in [1.165, 1.54) is 0 Å². The summed E-state index contributed by atoms with van der Waals surface area (Å²) in [4.78, 5) is 17.3. The Morgan fingerprint density at radius 1 is 1.23 bits per heavy atom. The SMILES string of the molecule is COc1ccccc1CCNC(=O)CCCc1nc(-c2cccs2)no1. The Morgan fingerprint density at radius 3 is 2.92 bits per heavy atom. The number of ether oxygens (including phenoxy) is 1. The molecular formula is C19H21N3O3S. The number of thiophene rings is 1. The topological polar surface area (TPSA) is 77.2 Å². The second kappa shape index (κ2) is 9.15. The Hall–Kier alpha value is -2.67. The molecule has 0 unspecified atom stereocenters. The van der Waals surface area contributed by atoms with Crippen LogP contribution in [0.2, 0.25) is 0 Å². The predicted molar refractivity (Wildman–Crippen MR) is 100 cm³/mol. The van der Waals surface area contributed by atoms with Gasteiger partial charge in [0.15, 0.2) is 0 Å². The second-order valence-corrected chi connectivity index (χ2v) is 6.70. The standard InChI is InChI=1S/C19H21N3O3S/c1-24-15-7-3-2-6-14(15)11-12-20-17(23)9-4-10-18-21-19(22-25-18)16-8-5-13-26-16/h2-3,5-8,13H,4,9-12H2,1H3,(H,20,23). The molecule has 0 saturated heterocycles. The van der Waals surface area contributed by atoms with Gasteiger partial charge in [-0.25, -0.2) is 0 Å². The van der Waals surface area contributed by atoms with E-state index in [-0.39, 0.29) is 5.91 Å². The number of nitrogens with zero attached hydrogens (tertiary/aromatic N) is 2. The first-order chi connectivity index (χ1) is 12.8. The maximum Gasteiger partial charge on any atom is 0.226 e. The lowest BCUT2D eigenvalue weighted by atomic mass is 10.1. The maximum absolute atomic E-state index is 12.0. The van der Waals surface area contributed by atoms with Crippen molar-refractivity contribution in [1.82, 2.24) is 15.5 Å². The van der Waals surface area contributed by atoms with Crippen molar-refractivity contribution < 1.29 is 14.1 Å². The van der Waals surface area contributed by atoms with Crippen LogP contribution >= 0.6 is 11.3 Å². The first-order valence-corrected chi connectivity index (χ1v) is 9.39. The van der Waals surface area contributed by atoms with Gasteiger partial charge in [-0.2, -0.15) is 4.98 Å².